The van der Waals surface area contributed by atoms with Crippen LogP contribution in [-0.2, 0) is 9.53 Å². The minimum atomic E-state index is 0.210. The highest BCUT2D eigenvalue weighted by Crippen LogP contribution is 1.65. The van der Waals surface area contributed by atoms with Crippen molar-refractivity contribution < 1.29 is 9.53 Å². The van der Waals surface area contributed by atoms with Crippen LogP contribution in [-0.4, -0.2) is 33.1 Å². The summed E-state index contributed by atoms with van der Waals surface area (Å²) >= 11 is 0. The summed E-state index contributed by atoms with van der Waals surface area (Å²) in [7, 11) is 1.84. The van der Waals surface area contributed by atoms with Gasteiger partial charge in [0, 0.05) is 6.54 Å². The summed E-state index contributed by atoms with van der Waals surface area (Å²) in [5, 5.41) is 2.89. The molecule has 0 radical (unpaired) electrons. The molecule has 0 aliphatic heterocycles. The molecule has 1 N–H and O–H groups in total. The van der Waals surface area contributed by atoms with Gasteiger partial charge in [0.1, 0.15) is 12.9 Å². The highest BCUT2D eigenvalue weighted by Gasteiger charge is 1.80. The Morgan fingerprint density at radius 1 is 1.75 bits per heavy atom. The molecule has 48 valence electrons. The molecule has 0 atom stereocenters. The third kappa shape index (κ3) is 5.59. The van der Waals surface area contributed by atoms with E-state index in [2.05, 4.69) is 5.32 Å². The Morgan fingerprint density at radius 2 is 2.50 bits per heavy atom. The number of carbonyl (C=O) groups excluding carboxylic acids is 1. The first kappa shape index (κ1) is 7.59. The monoisotopic (exact) mass is 117 g/mol. The zero-order valence-electron chi connectivity index (χ0n) is 5.02. The van der Waals surface area contributed by atoms with Crippen LogP contribution in [0.4, 0.5) is 0 Å². The van der Waals surface area contributed by atoms with Gasteiger partial charge in [-0.2, -0.15) is 0 Å². The average molecular weight is 117 g/mol. The fraction of sp³-hybridized carbons (Fsp3) is 0.800. The Labute approximate surface area is 49.0 Å². The fourth-order valence-electron chi connectivity index (χ4n) is 0.306. The molecule has 0 aromatic rings. The Morgan fingerprint density at radius 3 is 3.00 bits per heavy atom. The Hall–Kier alpha value is -0.410. The Kier molecular flexibility index (Phi) is 6.25. The van der Waals surface area contributed by atoms with Crippen molar-refractivity contribution in [2.75, 3.05) is 26.8 Å². The SMILES string of the molecule is CNCCOCC=O. The van der Waals surface area contributed by atoms with E-state index < -0.39 is 0 Å². The molecule has 0 aromatic heterocycles. The summed E-state index contributed by atoms with van der Waals surface area (Å²) in [5.74, 6) is 0. The molecule has 0 rings (SSSR count). The number of rotatable bonds is 5. The number of likely N-dealkylation sites (N-methyl/N-ethyl adjacent to an activating group) is 1. The number of aldehydes is 1. The second-order valence-electron chi connectivity index (χ2n) is 1.35. The van der Waals surface area contributed by atoms with Crippen molar-refractivity contribution in [2.45, 2.75) is 0 Å². The number of ether oxygens (including phenoxy) is 1. The van der Waals surface area contributed by atoms with Gasteiger partial charge < -0.3 is 14.8 Å². The van der Waals surface area contributed by atoms with Crippen molar-refractivity contribution in [1.82, 2.24) is 5.32 Å². The van der Waals surface area contributed by atoms with Gasteiger partial charge in [-0.15, -0.1) is 0 Å². The lowest BCUT2D eigenvalue weighted by atomic mass is 10.7. The maximum Gasteiger partial charge on any atom is 0.145 e. The lowest BCUT2D eigenvalue weighted by molar-refractivity contribution is -0.111. The summed E-state index contributed by atoms with van der Waals surface area (Å²) in [5.41, 5.74) is 0. The van der Waals surface area contributed by atoms with E-state index in [1.54, 1.807) is 0 Å². The minimum Gasteiger partial charge on any atom is -0.373 e. The number of hydrogen-bond acceptors (Lipinski definition) is 3. The average Bonchev–Trinajstić information content (AvgIpc) is 1.81. The smallest absolute Gasteiger partial charge is 0.145 e. The van der Waals surface area contributed by atoms with E-state index in [1.807, 2.05) is 7.05 Å². The zero-order valence-corrected chi connectivity index (χ0v) is 5.02. The van der Waals surface area contributed by atoms with Gasteiger partial charge >= 0.3 is 0 Å². The molecule has 0 aromatic carbocycles. The van der Waals surface area contributed by atoms with Crippen molar-refractivity contribution in [3.63, 3.8) is 0 Å². The highest BCUT2D eigenvalue weighted by molar-refractivity contribution is 5.50. The molecule has 0 bridgehead atoms. The Bertz CT molecular complexity index is 56.4. The first-order valence-electron chi connectivity index (χ1n) is 2.57. The Balaban J connectivity index is 2.62. The van der Waals surface area contributed by atoms with Crippen LogP contribution >= 0.6 is 0 Å². The van der Waals surface area contributed by atoms with Crippen LogP contribution in [0.3, 0.4) is 0 Å². The second-order valence-corrected chi connectivity index (χ2v) is 1.35. The van der Waals surface area contributed by atoms with Gasteiger partial charge in [-0.3, -0.25) is 0 Å². The molecule has 0 spiro atoms. The molecule has 8 heavy (non-hydrogen) atoms. The van der Waals surface area contributed by atoms with Crippen LogP contribution in [0.25, 0.3) is 0 Å². The highest BCUT2D eigenvalue weighted by atomic mass is 16.5. The van der Waals surface area contributed by atoms with E-state index in [0.717, 1.165) is 12.8 Å². The third-order valence-corrected chi connectivity index (χ3v) is 0.682. The molecule has 3 heteroatoms. The first-order valence-corrected chi connectivity index (χ1v) is 2.57. The fourth-order valence-corrected chi connectivity index (χ4v) is 0.306. The van der Waals surface area contributed by atoms with Crippen molar-refractivity contribution in [2.24, 2.45) is 0 Å². The zero-order chi connectivity index (χ0) is 6.24. The van der Waals surface area contributed by atoms with Crippen LogP contribution in [0.1, 0.15) is 0 Å². The minimum absolute atomic E-state index is 0.210. The van der Waals surface area contributed by atoms with Crippen LogP contribution in [0, 0.1) is 0 Å². The van der Waals surface area contributed by atoms with Gasteiger partial charge in [-0.05, 0) is 7.05 Å². The van der Waals surface area contributed by atoms with Gasteiger partial charge in [0.15, 0.2) is 0 Å². The molecule has 0 unspecified atom stereocenters. The number of hydrogen-bond donors (Lipinski definition) is 1. The van der Waals surface area contributed by atoms with E-state index in [0.29, 0.717) is 6.61 Å². The molecular weight excluding hydrogens is 106 g/mol. The van der Waals surface area contributed by atoms with E-state index in [4.69, 9.17) is 4.74 Å². The molecule has 0 fully saturated rings. The van der Waals surface area contributed by atoms with Gasteiger partial charge in [0.2, 0.25) is 0 Å². The maximum absolute atomic E-state index is 9.62. The normalized spacial score (nSPS) is 9.12. The van der Waals surface area contributed by atoms with Crippen LogP contribution in [0.5, 0.6) is 0 Å². The summed E-state index contributed by atoms with van der Waals surface area (Å²) in [4.78, 5) is 9.62. The second kappa shape index (κ2) is 6.59. The van der Waals surface area contributed by atoms with Crippen LogP contribution < -0.4 is 5.32 Å². The number of nitrogens with one attached hydrogen (secondary N) is 1. The predicted octanol–water partition coefficient (Wildman–Crippen LogP) is -0.579. The van der Waals surface area contributed by atoms with Crippen molar-refractivity contribution in [3.05, 3.63) is 0 Å². The number of carbonyl (C=O) groups is 1. The molecule has 3 nitrogen and oxygen atoms in total. The summed E-state index contributed by atoms with van der Waals surface area (Å²) in [6.45, 7) is 1.62. The largest absolute Gasteiger partial charge is 0.373 e. The molecule has 0 saturated heterocycles. The van der Waals surface area contributed by atoms with E-state index >= 15 is 0 Å². The lowest BCUT2D eigenvalue weighted by Crippen LogP contribution is -2.14. The summed E-state index contributed by atoms with van der Waals surface area (Å²) in [6, 6.07) is 0. The van der Waals surface area contributed by atoms with Crippen molar-refractivity contribution in [1.29, 1.82) is 0 Å². The molecule has 0 aliphatic carbocycles. The lowest BCUT2D eigenvalue weighted by Gasteiger charge is -1.95. The van der Waals surface area contributed by atoms with E-state index in [-0.39, 0.29) is 6.61 Å². The summed E-state index contributed by atoms with van der Waals surface area (Å²) < 4.78 is 4.79. The summed E-state index contributed by atoms with van der Waals surface area (Å²) in [6.07, 6.45) is 0.746. The predicted molar refractivity (Wildman–Crippen MR) is 30.8 cm³/mol. The standard InChI is InChI=1S/C5H11NO2/c1-6-2-4-8-5-3-7/h3,6H,2,4-5H2,1H3. The third-order valence-electron chi connectivity index (χ3n) is 0.682. The quantitative estimate of drug-likeness (QED) is 0.387. The van der Waals surface area contributed by atoms with Crippen molar-refractivity contribution >= 4 is 6.29 Å². The maximum atomic E-state index is 9.62. The van der Waals surface area contributed by atoms with E-state index in [9.17, 15) is 4.79 Å². The van der Waals surface area contributed by atoms with Gasteiger partial charge in [0.05, 0.1) is 6.61 Å². The molecular formula is C5H11NO2. The topological polar surface area (TPSA) is 38.3 Å². The van der Waals surface area contributed by atoms with Crippen LogP contribution in [0.2, 0.25) is 0 Å². The van der Waals surface area contributed by atoms with Crippen LogP contribution in [0.15, 0.2) is 0 Å². The molecule has 0 aliphatic rings. The van der Waals surface area contributed by atoms with E-state index in [1.165, 1.54) is 0 Å². The molecule has 0 amide bonds. The van der Waals surface area contributed by atoms with Gasteiger partial charge in [-0.25, -0.2) is 0 Å². The van der Waals surface area contributed by atoms with Gasteiger partial charge in [0.25, 0.3) is 0 Å². The van der Waals surface area contributed by atoms with Crippen molar-refractivity contribution in [3.8, 4) is 0 Å². The van der Waals surface area contributed by atoms with Gasteiger partial charge in [-0.1, -0.05) is 0 Å². The molecule has 0 saturated carbocycles. The first-order chi connectivity index (χ1) is 3.91. The molecule has 0 heterocycles.